The fraction of sp³-hybridized carbons (Fsp3) is 0.909. The van der Waals surface area contributed by atoms with E-state index in [1.165, 1.54) is 0 Å². The van der Waals surface area contributed by atoms with Crippen molar-refractivity contribution < 1.29 is 14.3 Å². The second kappa shape index (κ2) is 3.74. The summed E-state index contributed by atoms with van der Waals surface area (Å²) in [5, 5.41) is 9.69. The van der Waals surface area contributed by atoms with Gasteiger partial charge in [-0.25, -0.2) is 0 Å². The van der Waals surface area contributed by atoms with E-state index in [-0.39, 0.29) is 24.4 Å². The Bertz CT molecular complexity index is 253. The van der Waals surface area contributed by atoms with Gasteiger partial charge in [-0.05, 0) is 18.8 Å². The van der Waals surface area contributed by atoms with Gasteiger partial charge in [0.25, 0.3) is 5.91 Å². The molecule has 2 unspecified atom stereocenters. The van der Waals surface area contributed by atoms with Crippen LogP contribution in [0.5, 0.6) is 0 Å². The average molecular weight is 215 g/mol. The number of nitrogens with zero attached hydrogens (tertiary/aromatic N) is 1. The molecule has 0 aromatic rings. The maximum absolute atomic E-state index is 12.7. The van der Waals surface area contributed by atoms with Crippen LogP contribution in [-0.2, 0) is 4.79 Å². The van der Waals surface area contributed by atoms with Crippen LogP contribution in [-0.4, -0.2) is 41.3 Å². The first-order valence-corrected chi connectivity index (χ1v) is 5.68. The third-order valence-electron chi connectivity index (χ3n) is 3.71. The van der Waals surface area contributed by atoms with E-state index in [2.05, 4.69) is 0 Å². The summed E-state index contributed by atoms with van der Waals surface area (Å²) in [6.07, 6.45) is 2.04. The van der Waals surface area contributed by atoms with E-state index in [9.17, 15) is 14.3 Å². The van der Waals surface area contributed by atoms with Crippen LogP contribution in [0.3, 0.4) is 0 Å². The van der Waals surface area contributed by atoms with Gasteiger partial charge in [-0.15, -0.1) is 0 Å². The SMILES string of the molecule is CCC1CN(C(=O)C2(O)CC2)CC1CF. The van der Waals surface area contributed by atoms with Crippen molar-refractivity contribution >= 4 is 5.91 Å². The molecule has 0 aromatic heterocycles. The molecule has 0 aromatic carbocycles. The molecular formula is C11H18FNO2. The molecule has 1 saturated carbocycles. The Morgan fingerprint density at radius 3 is 2.47 bits per heavy atom. The number of amides is 1. The molecule has 2 aliphatic rings. The van der Waals surface area contributed by atoms with Crippen molar-refractivity contribution in [2.24, 2.45) is 11.8 Å². The van der Waals surface area contributed by atoms with Crippen LogP contribution in [0, 0.1) is 11.8 Å². The minimum absolute atomic E-state index is 0.0266. The fourth-order valence-electron chi connectivity index (χ4n) is 2.37. The van der Waals surface area contributed by atoms with Gasteiger partial charge in [0.1, 0.15) is 5.60 Å². The van der Waals surface area contributed by atoms with Gasteiger partial charge in [0.2, 0.25) is 0 Å². The number of likely N-dealkylation sites (tertiary alicyclic amines) is 1. The number of rotatable bonds is 3. The molecule has 15 heavy (non-hydrogen) atoms. The topological polar surface area (TPSA) is 40.5 Å². The molecule has 86 valence electrons. The van der Waals surface area contributed by atoms with Crippen LogP contribution in [0.15, 0.2) is 0 Å². The van der Waals surface area contributed by atoms with Gasteiger partial charge in [-0.3, -0.25) is 9.18 Å². The van der Waals surface area contributed by atoms with Crippen molar-refractivity contribution in [2.45, 2.75) is 31.8 Å². The fourth-order valence-corrected chi connectivity index (χ4v) is 2.37. The molecule has 1 aliphatic carbocycles. The normalized spacial score (nSPS) is 33.1. The number of hydrogen-bond acceptors (Lipinski definition) is 2. The molecule has 1 aliphatic heterocycles. The zero-order valence-electron chi connectivity index (χ0n) is 9.08. The monoisotopic (exact) mass is 215 g/mol. The Hall–Kier alpha value is -0.640. The number of alkyl halides is 1. The van der Waals surface area contributed by atoms with Crippen LogP contribution in [0.4, 0.5) is 4.39 Å². The molecule has 1 saturated heterocycles. The van der Waals surface area contributed by atoms with E-state index in [0.29, 0.717) is 25.9 Å². The zero-order valence-corrected chi connectivity index (χ0v) is 9.08. The molecule has 0 bridgehead atoms. The summed E-state index contributed by atoms with van der Waals surface area (Å²) in [5.41, 5.74) is -1.09. The highest BCUT2D eigenvalue weighted by molar-refractivity contribution is 5.88. The van der Waals surface area contributed by atoms with Crippen LogP contribution in [0.2, 0.25) is 0 Å². The van der Waals surface area contributed by atoms with Gasteiger partial charge in [0.05, 0.1) is 6.67 Å². The van der Waals surface area contributed by atoms with Gasteiger partial charge in [-0.2, -0.15) is 0 Å². The third kappa shape index (κ3) is 1.87. The number of carbonyl (C=O) groups excluding carboxylic acids is 1. The predicted molar refractivity (Wildman–Crippen MR) is 54.0 cm³/mol. The Balaban J connectivity index is 1.98. The molecule has 2 rings (SSSR count). The Kier molecular flexibility index (Phi) is 2.71. The highest BCUT2D eigenvalue weighted by Crippen LogP contribution is 2.39. The summed E-state index contributed by atoms with van der Waals surface area (Å²) in [5.74, 6) is 0.0551. The zero-order chi connectivity index (χ0) is 11.1. The van der Waals surface area contributed by atoms with Crippen molar-refractivity contribution in [2.75, 3.05) is 19.8 Å². The standard InChI is InChI=1S/C11H18FNO2/c1-2-8-6-13(7-9(8)5-12)10(14)11(15)3-4-11/h8-9,15H,2-7H2,1H3. The molecule has 1 heterocycles. The summed E-state index contributed by atoms with van der Waals surface area (Å²) in [4.78, 5) is 13.5. The van der Waals surface area contributed by atoms with Gasteiger partial charge in [0, 0.05) is 19.0 Å². The minimum atomic E-state index is -1.09. The van der Waals surface area contributed by atoms with Crippen molar-refractivity contribution in [3.8, 4) is 0 Å². The second-order valence-corrected chi connectivity index (χ2v) is 4.82. The minimum Gasteiger partial charge on any atom is -0.380 e. The molecule has 1 N–H and O–H groups in total. The lowest BCUT2D eigenvalue weighted by Gasteiger charge is -2.19. The first-order valence-electron chi connectivity index (χ1n) is 5.68. The highest BCUT2D eigenvalue weighted by Gasteiger charge is 2.51. The number of halogens is 1. The Morgan fingerprint density at radius 2 is 2.07 bits per heavy atom. The van der Waals surface area contributed by atoms with Crippen molar-refractivity contribution in [3.05, 3.63) is 0 Å². The third-order valence-corrected chi connectivity index (χ3v) is 3.71. The molecule has 2 fully saturated rings. The van der Waals surface area contributed by atoms with Gasteiger partial charge >= 0.3 is 0 Å². The molecule has 3 nitrogen and oxygen atoms in total. The Morgan fingerprint density at radius 1 is 1.47 bits per heavy atom. The van der Waals surface area contributed by atoms with Crippen molar-refractivity contribution in [3.63, 3.8) is 0 Å². The van der Waals surface area contributed by atoms with E-state index in [4.69, 9.17) is 0 Å². The largest absolute Gasteiger partial charge is 0.380 e. The molecule has 4 heteroatoms. The molecule has 2 atom stereocenters. The van der Waals surface area contributed by atoms with Crippen LogP contribution in [0.25, 0.3) is 0 Å². The number of hydrogen-bond donors (Lipinski definition) is 1. The maximum Gasteiger partial charge on any atom is 0.254 e. The lowest BCUT2D eigenvalue weighted by Crippen LogP contribution is -2.39. The predicted octanol–water partition coefficient (Wildman–Crippen LogP) is 0.965. The molecule has 1 amide bonds. The van der Waals surface area contributed by atoms with Crippen LogP contribution in [0.1, 0.15) is 26.2 Å². The van der Waals surface area contributed by atoms with Crippen molar-refractivity contribution in [1.82, 2.24) is 4.90 Å². The summed E-state index contributed by atoms with van der Waals surface area (Å²) in [6.45, 7) is 2.76. The van der Waals surface area contributed by atoms with Crippen LogP contribution >= 0.6 is 0 Å². The maximum atomic E-state index is 12.7. The summed E-state index contributed by atoms with van der Waals surface area (Å²) >= 11 is 0. The summed E-state index contributed by atoms with van der Waals surface area (Å²) < 4.78 is 12.7. The summed E-state index contributed by atoms with van der Waals surface area (Å²) in [7, 11) is 0. The van der Waals surface area contributed by atoms with Gasteiger partial charge in [0.15, 0.2) is 0 Å². The number of aliphatic hydroxyl groups is 1. The van der Waals surface area contributed by atoms with E-state index in [1.54, 1.807) is 4.90 Å². The Labute approximate surface area is 89.3 Å². The lowest BCUT2D eigenvalue weighted by molar-refractivity contribution is -0.141. The lowest BCUT2D eigenvalue weighted by atomic mass is 9.95. The van der Waals surface area contributed by atoms with Crippen LogP contribution < -0.4 is 0 Å². The molecule has 0 spiro atoms. The second-order valence-electron chi connectivity index (χ2n) is 4.82. The summed E-state index contributed by atoms with van der Waals surface area (Å²) in [6, 6.07) is 0. The van der Waals surface area contributed by atoms with E-state index < -0.39 is 5.60 Å². The first-order chi connectivity index (χ1) is 7.10. The van der Waals surface area contributed by atoms with E-state index in [1.807, 2.05) is 6.92 Å². The molecule has 0 radical (unpaired) electrons. The van der Waals surface area contributed by atoms with Gasteiger partial charge in [-0.1, -0.05) is 13.3 Å². The number of carbonyl (C=O) groups is 1. The first kappa shape index (κ1) is 10.9. The van der Waals surface area contributed by atoms with E-state index >= 15 is 0 Å². The highest BCUT2D eigenvalue weighted by atomic mass is 19.1. The smallest absolute Gasteiger partial charge is 0.254 e. The van der Waals surface area contributed by atoms with E-state index in [0.717, 1.165) is 6.42 Å². The molecular weight excluding hydrogens is 197 g/mol. The average Bonchev–Trinajstić information content (AvgIpc) is 2.85. The van der Waals surface area contributed by atoms with Gasteiger partial charge < -0.3 is 10.0 Å². The quantitative estimate of drug-likeness (QED) is 0.762. The van der Waals surface area contributed by atoms with Crippen molar-refractivity contribution in [1.29, 1.82) is 0 Å².